The summed E-state index contributed by atoms with van der Waals surface area (Å²) < 4.78 is 68.5. The van der Waals surface area contributed by atoms with E-state index in [1.807, 2.05) is 0 Å². The molecule has 564 valence electrons. The van der Waals surface area contributed by atoms with E-state index in [4.69, 9.17) is 37.0 Å². The number of ether oxygens (including phenoxy) is 4. The van der Waals surface area contributed by atoms with Gasteiger partial charge in [0.2, 0.25) is 0 Å². The van der Waals surface area contributed by atoms with Crippen molar-refractivity contribution in [2.24, 2.45) is 11.8 Å². The minimum absolute atomic E-state index is 0.104. The van der Waals surface area contributed by atoms with Crippen LogP contribution in [0.5, 0.6) is 0 Å². The van der Waals surface area contributed by atoms with E-state index in [9.17, 15) is 43.2 Å². The molecule has 6 atom stereocenters. The molecule has 0 aromatic carbocycles. The Bertz CT molecular complexity index is 1840. The highest BCUT2D eigenvalue weighted by Crippen LogP contribution is 2.45. The van der Waals surface area contributed by atoms with Gasteiger partial charge in [0.1, 0.15) is 19.3 Å². The molecule has 0 fully saturated rings. The first kappa shape index (κ1) is 93.1. The lowest BCUT2D eigenvalue weighted by molar-refractivity contribution is -0.161. The SMILES string of the molecule is CCCCCCCCCCCCCCCCCCCCCC(=O)O[C@H](COC(=O)CCCCCCCCCCCCCCCC)COP(=O)(O)OC[C@@H](O)COP(=O)(O)OC[C@@H](COC(=O)CCCCCCCCCC(C)C)OC(=O)CCCCCCCCCCC(C)CC. The summed E-state index contributed by atoms with van der Waals surface area (Å²) in [5.41, 5.74) is 0. The number of aliphatic hydroxyl groups is 1. The molecule has 0 saturated heterocycles. The Morgan fingerprint density at radius 1 is 0.305 bits per heavy atom. The van der Waals surface area contributed by atoms with Gasteiger partial charge in [0.15, 0.2) is 12.2 Å². The predicted molar refractivity (Wildman–Crippen MR) is 386 cm³/mol. The highest BCUT2D eigenvalue weighted by molar-refractivity contribution is 7.47. The van der Waals surface area contributed by atoms with Crippen LogP contribution >= 0.6 is 15.6 Å². The molecule has 17 nitrogen and oxygen atoms in total. The summed E-state index contributed by atoms with van der Waals surface area (Å²) in [5, 5.41) is 10.6. The predicted octanol–water partition coefficient (Wildman–Crippen LogP) is 22.3. The molecule has 0 saturated carbocycles. The second kappa shape index (κ2) is 67.9. The molecule has 0 rings (SSSR count). The monoisotopic (exact) mass is 1400 g/mol. The Morgan fingerprint density at radius 3 is 0.800 bits per heavy atom. The number of aliphatic hydroxyl groups excluding tert-OH is 1. The maximum Gasteiger partial charge on any atom is 0.472 e. The van der Waals surface area contributed by atoms with Crippen LogP contribution in [-0.2, 0) is 65.4 Å². The summed E-state index contributed by atoms with van der Waals surface area (Å²) in [6, 6.07) is 0. The van der Waals surface area contributed by atoms with Crippen LogP contribution in [-0.4, -0.2) is 96.7 Å². The topological polar surface area (TPSA) is 237 Å². The maximum absolute atomic E-state index is 13.1. The van der Waals surface area contributed by atoms with Crippen molar-refractivity contribution in [3.05, 3.63) is 0 Å². The van der Waals surface area contributed by atoms with Crippen LogP contribution in [0.1, 0.15) is 395 Å². The maximum atomic E-state index is 13.1. The van der Waals surface area contributed by atoms with Crippen LogP contribution in [0.2, 0.25) is 0 Å². The van der Waals surface area contributed by atoms with Crippen molar-refractivity contribution in [1.82, 2.24) is 0 Å². The first-order chi connectivity index (χ1) is 45.9. The molecule has 0 bridgehead atoms. The molecule has 95 heavy (non-hydrogen) atoms. The highest BCUT2D eigenvalue weighted by atomic mass is 31.2. The number of esters is 4. The first-order valence-electron chi connectivity index (χ1n) is 39.5. The number of rotatable bonds is 75. The van der Waals surface area contributed by atoms with Gasteiger partial charge in [-0.25, -0.2) is 9.13 Å². The summed E-state index contributed by atoms with van der Waals surface area (Å²) in [7, 11) is -9.91. The molecule has 0 aromatic heterocycles. The average Bonchev–Trinajstić information content (AvgIpc) is 1.77. The number of carbonyl (C=O) groups is 4. The number of unbranched alkanes of at least 4 members (excludes halogenated alkanes) is 44. The third-order valence-corrected chi connectivity index (χ3v) is 20.0. The van der Waals surface area contributed by atoms with Gasteiger partial charge < -0.3 is 33.8 Å². The molecule has 3 N–H and O–H groups in total. The molecular weight excluding hydrogens is 1250 g/mol. The van der Waals surface area contributed by atoms with Crippen molar-refractivity contribution >= 4 is 39.5 Å². The summed E-state index contributed by atoms with van der Waals surface area (Å²) >= 11 is 0. The lowest BCUT2D eigenvalue weighted by Crippen LogP contribution is -2.30. The molecule has 0 aliphatic carbocycles. The van der Waals surface area contributed by atoms with Gasteiger partial charge in [-0.15, -0.1) is 0 Å². The Labute approximate surface area is 581 Å². The van der Waals surface area contributed by atoms with Gasteiger partial charge in [-0.3, -0.25) is 37.3 Å². The fraction of sp³-hybridized carbons (Fsp3) is 0.947. The zero-order chi connectivity index (χ0) is 70.0. The van der Waals surface area contributed by atoms with Crippen molar-refractivity contribution in [2.75, 3.05) is 39.6 Å². The zero-order valence-electron chi connectivity index (χ0n) is 62.0. The molecule has 0 spiro atoms. The molecule has 0 amide bonds. The van der Waals surface area contributed by atoms with Crippen molar-refractivity contribution in [3.8, 4) is 0 Å². The van der Waals surface area contributed by atoms with E-state index in [-0.39, 0.29) is 25.7 Å². The minimum Gasteiger partial charge on any atom is -0.462 e. The summed E-state index contributed by atoms with van der Waals surface area (Å²) in [4.78, 5) is 72.8. The molecular formula is C76H148O17P2. The van der Waals surface area contributed by atoms with Crippen LogP contribution in [0.15, 0.2) is 0 Å². The van der Waals surface area contributed by atoms with E-state index < -0.39 is 97.5 Å². The molecule has 0 aliphatic heterocycles. The lowest BCUT2D eigenvalue weighted by atomic mass is 9.99. The second-order valence-electron chi connectivity index (χ2n) is 28.1. The van der Waals surface area contributed by atoms with Crippen molar-refractivity contribution in [1.29, 1.82) is 0 Å². The summed E-state index contributed by atoms with van der Waals surface area (Å²) in [6.07, 6.45) is 55.5. The first-order valence-corrected chi connectivity index (χ1v) is 42.5. The quantitative estimate of drug-likeness (QED) is 0.0222. The standard InChI is InChI=1S/C76H148O17P2/c1-7-10-12-14-16-18-20-22-24-25-26-27-28-30-32-34-41-48-54-60-75(80)92-71(64-86-73(78)58-52-46-40-33-31-29-23-21-19-17-15-13-11-8-2)66-90-94(82,83)88-62-70(77)63-89-95(84,85)91-67-72(65-87-74(79)59-53-47-43-37-38-44-50-56-68(4)5)93-76(81)61-55-49-42-36-35-39-45-51-57-69(6)9-3/h68-72,77H,7-67H2,1-6H3,(H,82,83)(H,84,85)/t69?,70-,71-,72-/m1/s1. The number of phosphoric ester groups is 2. The van der Waals surface area contributed by atoms with Gasteiger partial charge in [0, 0.05) is 25.7 Å². The van der Waals surface area contributed by atoms with Crippen LogP contribution in [0.25, 0.3) is 0 Å². The Kier molecular flexibility index (Phi) is 66.5. The van der Waals surface area contributed by atoms with Crippen molar-refractivity contribution in [3.63, 3.8) is 0 Å². The largest absolute Gasteiger partial charge is 0.472 e. The molecule has 0 aromatic rings. The zero-order valence-corrected chi connectivity index (χ0v) is 63.8. The third-order valence-electron chi connectivity index (χ3n) is 18.1. The van der Waals surface area contributed by atoms with E-state index in [0.717, 1.165) is 102 Å². The fourth-order valence-electron chi connectivity index (χ4n) is 11.6. The number of hydrogen-bond donors (Lipinski definition) is 3. The van der Waals surface area contributed by atoms with Crippen LogP contribution in [0.3, 0.4) is 0 Å². The van der Waals surface area contributed by atoms with Crippen LogP contribution < -0.4 is 0 Å². The minimum atomic E-state index is -4.96. The highest BCUT2D eigenvalue weighted by Gasteiger charge is 2.30. The second-order valence-corrected chi connectivity index (χ2v) is 31.0. The van der Waals surface area contributed by atoms with Gasteiger partial charge >= 0.3 is 39.5 Å². The normalized spacial score (nSPS) is 14.3. The van der Waals surface area contributed by atoms with E-state index in [2.05, 4.69) is 41.5 Å². The number of phosphoric acid groups is 2. The number of hydrogen-bond acceptors (Lipinski definition) is 15. The summed E-state index contributed by atoms with van der Waals surface area (Å²) in [6.45, 7) is 9.54. The third kappa shape index (κ3) is 69.0. The van der Waals surface area contributed by atoms with E-state index in [1.54, 1.807) is 0 Å². The Hall–Kier alpha value is -1.94. The van der Waals surface area contributed by atoms with Crippen molar-refractivity contribution in [2.45, 2.75) is 413 Å². The van der Waals surface area contributed by atoms with Gasteiger partial charge in [0.25, 0.3) is 0 Å². The van der Waals surface area contributed by atoms with E-state index in [0.29, 0.717) is 31.6 Å². The molecule has 0 heterocycles. The molecule has 0 radical (unpaired) electrons. The van der Waals surface area contributed by atoms with Crippen LogP contribution in [0.4, 0.5) is 0 Å². The number of carbonyl (C=O) groups excluding carboxylic acids is 4. The fourth-order valence-corrected chi connectivity index (χ4v) is 13.2. The Morgan fingerprint density at radius 2 is 0.537 bits per heavy atom. The van der Waals surface area contributed by atoms with E-state index in [1.165, 1.54) is 205 Å². The van der Waals surface area contributed by atoms with Crippen molar-refractivity contribution < 1.29 is 80.2 Å². The Balaban J connectivity index is 5.23. The van der Waals surface area contributed by atoms with Crippen LogP contribution in [0, 0.1) is 11.8 Å². The van der Waals surface area contributed by atoms with Gasteiger partial charge in [-0.2, -0.15) is 0 Å². The lowest BCUT2D eigenvalue weighted by Gasteiger charge is -2.21. The molecule has 0 aliphatic rings. The molecule has 3 unspecified atom stereocenters. The summed E-state index contributed by atoms with van der Waals surface area (Å²) in [5.74, 6) is -0.643. The van der Waals surface area contributed by atoms with Gasteiger partial charge in [-0.1, -0.05) is 343 Å². The smallest absolute Gasteiger partial charge is 0.462 e. The molecule has 19 heteroatoms. The average molecular weight is 1400 g/mol. The van der Waals surface area contributed by atoms with E-state index >= 15 is 0 Å². The van der Waals surface area contributed by atoms with Gasteiger partial charge in [0.05, 0.1) is 26.4 Å². The van der Waals surface area contributed by atoms with Gasteiger partial charge in [-0.05, 0) is 37.5 Å².